The fraction of sp³-hybridized carbons (Fsp3) is 0.550. The first-order valence-corrected chi connectivity index (χ1v) is 9.08. The number of hydrogen-bond donors (Lipinski definition) is 0. The SMILES string of the molecule is CCc1ccc2c(c1)c(C)c(C(=O)N1CCCCCC1)n2CC. The Hall–Kier alpha value is -1.77. The molecule has 0 aliphatic carbocycles. The number of hydrogen-bond acceptors (Lipinski definition) is 1. The maximum absolute atomic E-state index is 13.2. The zero-order valence-electron chi connectivity index (χ0n) is 14.7. The molecule has 1 fully saturated rings. The zero-order valence-corrected chi connectivity index (χ0v) is 14.7. The van der Waals surface area contributed by atoms with Gasteiger partial charge in [-0.3, -0.25) is 4.79 Å². The molecular formula is C20H28N2O. The average molecular weight is 312 g/mol. The number of nitrogens with zero attached hydrogens (tertiary/aromatic N) is 2. The third kappa shape index (κ3) is 2.89. The molecule has 1 amide bonds. The highest BCUT2D eigenvalue weighted by Crippen LogP contribution is 2.28. The van der Waals surface area contributed by atoms with Crippen molar-refractivity contribution < 1.29 is 4.79 Å². The summed E-state index contributed by atoms with van der Waals surface area (Å²) in [7, 11) is 0. The Morgan fingerprint density at radius 2 is 1.78 bits per heavy atom. The minimum Gasteiger partial charge on any atom is -0.337 e. The molecule has 1 saturated heterocycles. The van der Waals surface area contributed by atoms with E-state index in [-0.39, 0.29) is 5.91 Å². The number of benzene rings is 1. The number of aryl methyl sites for hydroxylation is 3. The highest BCUT2D eigenvalue weighted by molar-refractivity contribution is 6.01. The van der Waals surface area contributed by atoms with E-state index in [0.717, 1.165) is 50.2 Å². The van der Waals surface area contributed by atoms with Crippen LogP contribution in [0.1, 0.15) is 61.1 Å². The van der Waals surface area contributed by atoms with E-state index in [1.54, 1.807) is 0 Å². The van der Waals surface area contributed by atoms with Gasteiger partial charge in [0.05, 0.1) is 0 Å². The molecule has 0 radical (unpaired) electrons. The maximum atomic E-state index is 13.2. The molecule has 124 valence electrons. The third-order valence-electron chi connectivity index (χ3n) is 5.20. The molecule has 3 heteroatoms. The van der Waals surface area contributed by atoms with Crippen molar-refractivity contribution in [3.63, 3.8) is 0 Å². The molecular weight excluding hydrogens is 284 g/mol. The van der Waals surface area contributed by atoms with Gasteiger partial charge >= 0.3 is 0 Å². The van der Waals surface area contributed by atoms with Gasteiger partial charge in [0.25, 0.3) is 5.91 Å². The number of carbonyl (C=O) groups is 1. The predicted molar refractivity (Wildman–Crippen MR) is 96.1 cm³/mol. The van der Waals surface area contributed by atoms with Crippen LogP contribution in [0, 0.1) is 6.92 Å². The molecule has 23 heavy (non-hydrogen) atoms. The summed E-state index contributed by atoms with van der Waals surface area (Å²) in [6, 6.07) is 6.63. The Morgan fingerprint density at radius 1 is 1.09 bits per heavy atom. The first-order valence-electron chi connectivity index (χ1n) is 9.08. The highest BCUT2D eigenvalue weighted by atomic mass is 16.2. The fourth-order valence-corrected chi connectivity index (χ4v) is 3.82. The number of rotatable bonds is 3. The van der Waals surface area contributed by atoms with Crippen molar-refractivity contribution in [2.45, 2.75) is 59.4 Å². The molecule has 3 nitrogen and oxygen atoms in total. The maximum Gasteiger partial charge on any atom is 0.270 e. The largest absolute Gasteiger partial charge is 0.337 e. The second kappa shape index (κ2) is 6.77. The second-order valence-electron chi connectivity index (χ2n) is 6.63. The quantitative estimate of drug-likeness (QED) is 0.816. The van der Waals surface area contributed by atoms with Gasteiger partial charge in [-0.05, 0) is 56.4 Å². The van der Waals surface area contributed by atoms with Crippen molar-refractivity contribution in [1.29, 1.82) is 0 Å². The summed E-state index contributed by atoms with van der Waals surface area (Å²) >= 11 is 0. The van der Waals surface area contributed by atoms with E-state index in [0.29, 0.717) is 0 Å². The summed E-state index contributed by atoms with van der Waals surface area (Å²) < 4.78 is 2.21. The Bertz CT molecular complexity index is 706. The Balaban J connectivity index is 2.08. The molecule has 2 aromatic rings. The normalized spacial score (nSPS) is 15.9. The van der Waals surface area contributed by atoms with Crippen LogP contribution in [-0.2, 0) is 13.0 Å². The molecule has 0 spiro atoms. The van der Waals surface area contributed by atoms with Crippen molar-refractivity contribution in [1.82, 2.24) is 9.47 Å². The van der Waals surface area contributed by atoms with Crippen LogP contribution in [0.4, 0.5) is 0 Å². The molecule has 0 saturated carbocycles. The first kappa shape index (κ1) is 16.1. The van der Waals surface area contributed by atoms with Gasteiger partial charge in [0.15, 0.2) is 0 Å². The van der Waals surface area contributed by atoms with Gasteiger partial charge in [0, 0.05) is 30.5 Å². The summed E-state index contributed by atoms with van der Waals surface area (Å²) in [5, 5.41) is 1.24. The van der Waals surface area contributed by atoms with Crippen molar-refractivity contribution in [3.05, 3.63) is 35.0 Å². The summed E-state index contributed by atoms with van der Waals surface area (Å²) in [5.74, 6) is 0.223. The van der Waals surface area contributed by atoms with Crippen LogP contribution in [0.25, 0.3) is 10.9 Å². The van der Waals surface area contributed by atoms with Gasteiger partial charge in [-0.1, -0.05) is 25.8 Å². The number of fused-ring (bicyclic) bond motifs is 1. The molecule has 0 N–H and O–H groups in total. The van der Waals surface area contributed by atoms with Gasteiger partial charge in [0.2, 0.25) is 0 Å². The third-order valence-corrected chi connectivity index (χ3v) is 5.20. The van der Waals surface area contributed by atoms with Crippen molar-refractivity contribution in [3.8, 4) is 0 Å². The van der Waals surface area contributed by atoms with Crippen molar-refractivity contribution in [2.75, 3.05) is 13.1 Å². The van der Waals surface area contributed by atoms with E-state index in [1.165, 1.54) is 29.3 Å². The van der Waals surface area contributed by atoms with Crippen LogP contribution < -0.4 is 0 Å². The molecule has 1 aliphatic heterocycles. The number of aromatic nitrogens is 1. The topological polar surface area (TPSA) is 25.2 Å². The van der Waals surface area contributed by atoms with Crippen LogP contribution in [0.15, 0.2) is 18.2 Å². The minimum atomic E-state index is 0.223. The highest BCUT2D eigenvalue weighted by Gasteiger charge is 2.24. The van der Waals surface area contributed by atoms with E-state index in [4.69, 9.17) is 0 Å². The lowest BCUT2D eigenvalue weighted by Gasteiger charge is -2.21. The molecule has 2 heterocycles. The first-order chi connectivity index (χ1) is 11.2. The average Bonchev–Trinajstić information content (AvgIpc) is 2.76. The van der Waals surface area contributed by atoms with Crippen LogP contribution in [0.5, 0.6) is 0 Å². The Labute approximate surface area is 139 Å². The standard InChI is InChI=1S/C20H28N2O/c1-4-16-10-11-18-17(14-16)15(3)19(22(18)5-2)20(23)21-12-8-6-7-9-13-21/h10-11,14H,4-9,12-13H2,1-3H3. The van der Waals surface area contributed by atoms with Crippen LogP contribution >= 0.6 is 0 Å². The smallest absolute Gasteiger partial charge is 0.270 e. The van der Waals surface area contributed by atoms with Gasteiger partial charge in [0.1, 0.15) is 5.69 Å². The van der Waals surface area contributed by atoms with Crippen LogP contribution in [-0.4, -0.2) is 28.5 Å². The van der Waals surface area contributed by atoms with Crippen LogP contribution in [0.3, 0.4) is 0 Å². The van der Waals surface area contributed by atoms with E-state index in [9.17, 15) is 4.79 Å². The number of carbonyl (C=O) groups excluding carboxylic acids is 1. The van der Waals surface area contributed by atoms with Gasteiger partial charge in [-0.2, -0.15) is 0 Å². The summed E-state index contributed by atoms with van der Waals surface area (Å²) in [5.41, 5.74) is 4.58. The summed E-state index contributed by atoms with van der Waals surface area (Å²) in [6.07, 6.45) is 5.80. The zero-order chi connectivity index (χ0) is 16.4. The lowest BCUT2D eigenvalue weighted by Crippen LogP contribution is -2.33. The van der Waals surface area contributed by atoms with E-state index in [2.05, 4.69) is 48.4 Å². The Morgan fingerprint density at radius 3 is 2.39 bits per heavy atom. The fourth-order valence-electron chi connectivity index (χ4n) is 3.82. The van der Waals surface area contributed by atoms with Gasteiger partial charge in [-0.15, -0.1) is 0 Å². The molecule has 0 bridgehead atoms. The Kier molecular flexibility index (Phi) is 4.74. The molecule has 0 atom stereocenters. The lowest BCUT2D eigenvalue weighted by atomic mass is 10.1. The molecule has 1 aromatic carbocycles. The van der Waals surface area contributed by atoms with Gasteiger partial charge < -0.3 is 9.47 Å². The molecule has 1 aliphatic rings. The minimum absolute atomic E-state index is 0.223. The van der Waals surface area contributed by atoms with Crippen molar-refractivity contribution in [2.24, 2.45) is 0 Å². The van der Waals surface area contributed by atoms with E-state index < -0.39 is 0 Å². The lowest BCUT2D eigenvalue weighted by molar-refractivity contribution is 0.0750. The number of amides is 1. The van der Waals surface area contributed by atoms with Crippen molar-refractivity contribution >= 4 is 16.8 Å². The predicted octanol–water partition coefficient (Wildman–Crippen LogP) is 4.55. The molecule has 3 rings (SSSR count). The second-order valence-corrected chi connectivity index (χ2v) is 6.63. The van der Waals surface area contributed by atoms with E-state index >= 15 is 0 Å². The molecule has 0 unspecified atom stereocenters. The summed E-state index contributed by atoms with van der Waals surface area (Å²) in [4.78, 5) is 15.3. The van der Waals surface area contributed by atoms with E-state index in [1.807, 2.05) is 0 Å². The van der Waals surface area contributed by atoms with Crippen LogP contribution in [0.2, 0.25) is 0 Å². The number of likely N-dealkylation sites (tertiary alicyclic amines) is 1. The molecule has 1 aromatic heterocycles. The van der Waals surface area contributed by atoms with Gasteiger partial charge in [-0.25, -0.2) is 0 Å². The monoisotopic (exact) mass is 312 g/mol. The summed E-state index contributed by atoms with van der Waals surface area (Å²) in [6.45, 7) is 9.07.